The highest BCUT2D eigenvalue weighted by molar-refractivity contribution is 7.90. The highest BCUT2D eigenvalue weighted by Gasteiger charge is 2.31. The van der Waals surface area contributed by atoms with Gasteiger partial charge in [-0.05, 0) is 29.8 Å². The van der Waals surface area contributed by atoms with Crippen molar-refractivity contribution in [3.8, 4) is 5.75 Å². The number of phenols is 1. The number of fused-ring (bicyclic) bond motifs is 1. The Bertz CT molecular complexity index is 922. The third-order valence-corrected chi connectivity index (χ3v) is 4.71. The van der Waals surface area contributed by atoms with E-state index >= 15 is 0 Å². The summed E-state index contributed by atoms with van der Waals surface area (Å²) in [4.78, 5) is 0.121. The summed E-state index contributed by atoms with van der Waals surface area (Å²) in [5, 5.41) is 24.3. The van der Waals surface area contributed by atoms with Crippen molar-refractivity contribution in [1.82, 2.24) is 5.01 Å². The molecule has 0 unspecified atom stereocenters. The number of aromatic hydroxyl groups is 1. The third-order valence-electron chi connectivity index (χ3n) is 3.39. The quantitative estimate of drug-likeness (QED) is 0.640. The van der Waals surface area contributed by atoms with Crippen LogP contribution in [0.4, 0.5) is 0 Å². The average Bonchev–Trinajstić information content (AvgIpc) is 2.83. The van der Waals surface area contributed by atoms with Crippen LogP contribution in [0.15, 0.2) is 62.9 Å². The van der Waals surface area contributed by atoms with E-state index in [-0.39, 0.29) is 29.6 Å². The summed E-state index contributed by atoms with van der Waals surface area (Å²) in [6.45, 7) is -0.142. The number of aliphatic hydroxyl groups is 1. The molecule has 0 bridgehead atoms. The first kappa shape index (κ1) is 16.2. The second-order valence-corrected chi connectivity index (χ2v) is 6.64. The molecule has 0 amide bonds. The fraction of sp³-hybridized carbons (Fsp3) is 0.125. The molecule has 24 heavy (non-hydrogen) atoms. The summed E-state index contributed by atoms with van der Waals surface area (Å²) < 4.78 is 28.0. The largest absolute Gasteiger partial charge is 0.508 e. The zero-order valence-electron chi connectivity index (χ0n) is 12.6. The summed E-state index contributed by atoms with van der Waals surface area (Å²) in [5.74, 6) is 0.259. The van der Waals surface area contributed by atoms with Crippen molar-refractivity contribution in [2.75, 3.05) is 13.2 Å². The molecule has 0 radical (unpaired) electrons. The van der Waals surface area contributed by atoms with Crippen LogP contribution in [0.2, 0.25) is 0 Å². The normalized spacial score (nSPS) is 15.3. The summed E-state index contributed by atoms with van der Waals surface area (Å²) in [5.41, 5.74) is 1.08. The molecular formula is C16H15N3O4S. The molecule has 0 saturated carbocycles. The molecule has 1 heterocycles. The average molecular weight is 345 g/mol. The molecular weight excluding hydrogens is 330 g/mol. The van der Waals surface area contributed by atoms with Crippen LogP contribution in [0.25, 0.3) is 0 Å². The van der Waals surface area contributed by atoms with E-state index in [9.17, 15) is 18.6 Å². The Morgan fingerprint density at radius 2 is 1.96 bits per heavy atom. The van der Waals surface area contributed by atoms with Crippen molar-refractivity contribution in [2.45, 2.75) is 4.90 Å². The Morgan fingerprint density at radius 3 is 2.71 bits per heavy atom. The number of hydrogen-bond donors (Lipinski definition) is 2. The minimum Gasteiger partial charge on any atom is -0.508 e. The van der Waals surface area contributed by atoms with Gasteiger partial charge in [-0.3, -0.25) is 0 Å². The van der Waals surface area contributed by atoms with E-state index in [4.69, 9.17) is 0 Å². The van der Waals surface area contributed by atoms with Gasteiger partial charge in [-0.1, -0.05) is 24.3 Å². The van der Waals surface area contributed by atoms with Crippen LogP contribution in [0.3, 0.4) is 0 Å². The van der Waals surface area contributed by atoms with Crippen molar-refractivity contribution < 1.29 is 18.6 Å². The minimum absolute atomic E-state index is 0.0814. The molecule has 1 aliphatic rings. The van der Waals surface area contributed by atoms with Crippen molar-refractivity contribution in [3.63, 3.8) is 0 Å². The number of rotatable bonds is 4. The standard InChI is InChI=1S/C16H15N3O4S/c20-9-8-19(17-11-12-4-3-5-13(21)10-12)16-14-6-1-2-7-15(14)24(22,23)18-16/h1-7,10-11,20-21H,8-9H2. The number of amidine groups is 1. The fourth-order valence-electron chi connectivity index (χ4n) is 2.33. The van der Waals surface area contributed by atoms with Crippen LogP contribution in [0.1, 0.15) is 11.1 Å². The van der Waals surface area contributed by atoms with E-state index in [2.05, 4.69) is 9.50 Å². The van der Waals surface area contributed by atoms with Gasteiger partial charge in [0, 0.05) is 5.56 Å². The number of aliphatic hydroxyl groups excluding tert-OH is 1. The van der Waals surface area contributed by atoms with Crippen LogP contribution in [-0.2, 0) is 10.0 Å². The summed E-state index contributed by atoms with van der Waals surface area (Å²) >= 11 is 0. The van der Waals surface area contributed by atoms with Crippen molar-refractivity contribution in [2.24, 2.45) is 9.50 Å². The summed E-state index contributed by atoms with van der Waals surface area (Å²) in [6.07, 6.45) is 1.46. The van der Waals surface area contributed by atoms with Gasteiger partial charge in [0.1, 0.15) is 10.6 Å². The first-order valence-corrected chi connectivity index (χ1v) is 8.61. The van der Waals surface area contributed by atoms with Crippen LogP contribution in [0, 0.1) is 0 Å². The zero-order valence-corrected chi connectivity index (χ0v) is 13.4. The second kappa shape index (κ2) is 6.42. The van der Waals surface area contributed by atoms with Gasteiger partial charge in [0.2, 0.25) is 0 Å². The van der Waals surface area contributed by atoms with Gasteiger partial charge < -0.3 is 10.2 Å². The van der Waals surface area contributed by atoms with E-state index < -0.39 is 10.0 Å². The van der Waals surface area contributed by atoms with Crippen LogP contribution < -0.4 is 0 Å². The highest BCUT2D eigenvalue weighted by atomic mass is 32.2. The van der Waals surface area contributed by atoms with Crippen LogP contribution in [0.5, 0.6) is 5.75 Å². The molecule has 7 nitrogen and oxygen atoms in total. The lowest BCUT2D eigenvalue weighted by atomic mass is 10.2. The van der Waals surface area contributed by atoms with Gasteiger partial charge in [0.15, 0.2) is 5.84 Å². The Morgan fingerprint density at radius 1 is 1.17 bits per heavy atom. The number of hydrogen-bond acceptors (Lipinski definition) is 6. The number of benzene rings is 2. The van der Waals surface area contributed by atoms with E-state index in [1.165, 1.54) is 29.4 Å². The van der Waals surface area contributed by atoms with E-state index in [0.717, 1.165) is 0 Å². The maximum Gasteiger partial charge on any atom is 0.285 e. The molecule has 0 spiro atoms. The van der Waals surface area contributed by atoms with Gasteiger partial charge >= 0.3 is 0 Å². The molecule has 124 valence electrons. The van der Waals surface area contributed by atoms with Crippen molar-refractivity contribution in [1.29, 1.82) is 0 Å². The van der Waals surface area contributed by atoms with Crippen molar-refractivity contribution in [3.05, 3.63) is 59.7 Å². The van der Waals surface area contributed by atoms with Gasteiger partial charge in [-0.2, -0.15) is 13.5 Å². The molecule has 0 saturated heterocycles. The van der Waals surface area contributed by atoms with Crippen molar-refractivity contribution >= 4 is 22.1 Å². The smallest absolute Gasteiger partial charge is 0.285 e. The second-order valence-electron chi connectivity index (χ2n) is 5.07. The first-order chi connectivity index (χ1) is 11.5. The SMILES string of the molecule is O=S1(=O)N=C(N(CCO)N=Cc2cccc(O)c2)c2ccccc21. The predicted octanol–water partition coefficient (Wildman–Crippen LogP) is 1.17. The molecule has 3 rings (SSSR count). The number of sulfonamides is 1. The molecule has 2 aromatic carbocycles. The molecule has 2 N–H and O–H groups in total. The lowest BCUT2D eigenvalue weighted by Crippen LogP contribution is -2.28. The lowest BCUT2D eigenvalue weighted by Gasteiger charge is -2.17. The minimum atomic E-state index is -3.76. The van der Waals surface area contributed by atoms with Gasteiger partial charge in [0.05, 0.1) is 19.4 Å². The molecule has 2 aromatic rings. The zero-order chi connectivity index (χ0) is 17.2. The Kier molecular flexibility index (Phi) is 4.32. The molecule has 0 aliphatic carbocycles. The van der Waals surface area contributed by atoms with Crippen LogP contribution in [-0.4, -0.2) is 48.8 Å². The fourth-order valence-corrected chi connectivity index (χ4v) is 3.54. The molecule has 0 aromatic heterocycles. The highest BCUT2D eigenvalue weighted by Crippen LogP contribution is 2.27. The van der Waals surface area contributed by atoms with Crippen LogP contribution >= 0.6 is 0 Å². The molecule has 8 heteroatoms. The Hall–Kier alpha value is -2.71. The predicted molar refractivity (Wildman–Crippen MR) is 89.7 cm³/mol. The number of phenolic OH excluding ortho intramolecular Hbond substituents is 1. The molecule has 0 fully saturated rings. The third kappa shape index (κ3) is 3.15. The van der Waals surface area contributed by atoms with Gasteiger partial charge in [-0.15, -0.1) is 4.40 Å². The first-order valence-electron chi connectivity index (χ1n) is 7.17. The van der Waals surface area contributed by atoms with Gasteiger partial charge in [-0.25, -0.2) is 5.01 Å². The van der Waals surface area contributed by atoms with E-state index in [0.29, 0.717) is 11.1 Å². The summed E-state index contributed by atoms with van der Waals surface area (Å²) in [6, 6.07) is 12.9. The Labute approximate surface area is 139 Å². The lowest BCUT2D eigenvalue weighted by molar-refractivity contribution is 0.254. The number of nitrogens with zero attached hydrogens (tertiary/aromatic N) is 3. The topological polar surface area (TPSA) is 103 Å². The van der Waals surface area contributed by atoms with E-state index in [1.807, 2.05) is 0 Å². The number of hydrazone groups is 1. The Balaban J connectivity index is 1.98. The monoisotopic (exact) mass is 345 g/mol. The van der Waals surface area contributed by atoms with E-state index in [1.54, 1.807) is 30.3 Å². The maximum atomic E-state index is 12.1. The maximum absolute atomic E-state index is 12.1. The molecule has 0 atom stereocenters. The summed E-state index contributed by atoms with van der Waals surface area (Å²) in [7, 11) is -3.76. The van der Waals surface area contributed by atoms with Gasteiger partial charge in [0.25, 0.3) is 10.0 Å². The molecule has 1 aliphatic heterocycles.